The summed E-state index contributed by atoms with van der Waals surface area (Å²) >= 11 is 0. The number of nitrogens with zero attached hydrogens (tertiary/aromatic N) is 1. The van der Waals surface area contributed by atoms with Crippen molar-refractivity contribution in [1.29, 1.82) is 0 Å². The number of rotatable bonds is 7. The Kier molecular flexibility index (Phi) is 5.33. The number of hydrogen-bond acceptors (Lipinski definition) is 3. The van der Waals surface area contributed by atoms with Crippen molar-refractivity contribution in [1.82, 2.24) is 10.2 Å². The molecule has 0 aliphatic carbocycles. The van der Waals surface area contributed by atoms with Gasteiger partial charge in [0.1, 0.15) is 0 Å². The third-order valence-electron chi connectivity index (χ3n) is 3.98. The molecule has 0 fully saturated rings. The highest BCUT2D eigenvalue weighted by Gasteiger charge is 2.15. The number of anilines is 1. The fourth-order valence-electron chi connectivity index (χ4n) is 2.63. The highest BCUT2D eigenvalue weighted by Crippen LogP contribution is 2.23. The lowest BCUT2D eigenvalue weighted by Gasteiger charge is -2.19. The monoisotopic (exact) mass is 288 g/mol. The molecular weight excluding hydrogens is 264 g/mol. The second kappa shape index (κ2) is 7.22. The van der Waals surface area contributed by atoms with E-state index < -0.39 is 0 Å². The SMILES string of the molecule is CC(C)C(CCN)CCC(=O)Nc1cccc2[nH]ncc12. The molecule has 114 valence electrons. The molecule has 2 aromatic rings. The number of aromatic nitrogens is 2. The molecule has 2 rings (SSSR count). The van der Waals surface area contributed by atoms with Crippen LogP contribution in [0.2, 0.25) is 0 Å². The smallest absolute Gasteiger partial charge is 0.224 e. The molecule has 4 N–H and O–H groups in total. The van der Waals surface area contributed by atoms with Crippen LogP contribution in [0, 0.1) is 11.8 Å². The van der Waals surface area contributed by atoms with Gasteiger partial charge in [0.15, 0.2) is 0 Å². The van der Waals surface area contributed by atoms with Crippen molar-refractivity contribution >= 4 is 22.5 Å². The predicted octanol–water partition coefficient (Wildman–Crippen LogP) is 2.90. The van der Waals surface area contributed by atoms with Gasteiger partial charge in [-0.25, -0.2) is 0 Å². The number of fused-ring (bicyclic) bond motifs is 1. The summed E-state index contributed by atoms with van der Waals surface area (Å²) < 4.78 is 0. The summed E-state index contributed by atoms with van der Waals surface area (Å²) in [6.45, 7) is 5.05. The van der Waals surface area contributed by atoms with Gasteiger partial charge in [0.05, 0.1) is 17.4 Å². The summed E-state index contributed by atoms with van der Waals surface area (Å²) in [5.74, 6) is 1.11. The van der Waals surface area contributed by atoms with E-state index in [1.165, 1.54) is 0 Å². The minimum Gasteiger partial charge on any atom is -0.330 e. The maximum Gasteiger partial charge on any atom is 0.224 e. The van der Waals surface area contributed by atoms with E-state index in [2.05, 4.69) is 29.4 Å². The molecule has 1 heterocycles. The van der Waals surface area contributed by atoms with Gasteiger partial charge >= 0.3 is 0 Å². The maximum absolute atomic E-state index is 12.1. The molecule has 0 saturated carbocycles. The molecule has 1 unspecified atom stereocenters. The van der Waals surface area contributed by atoms with Crippen LogP contribution in [0.25, 0.3) is 10.9 Å². The highest BCUT2D eigenvalue weighted by molar-refractivity contribution is 6.00. The summed E-state index contributed by atoms with van der Waals surface area (Å²) in [4.78, 5) is 12.1. The van der Waals surface area contributed by atoms with E-state index in [-0.39, 0.29) is 5.91 Å². The van der Waals surface area contributed by atoms with Gasteiger partial charge in [-0.3, -0.25) is 9.89 Å². The van der Waals surface area contributed by atoms with E-state index in [1.54, 1.807) is 6.20 Å². The highest BCUT2D eigenvalue weighted by atomic mass is 16.1. The zero-order chi connectivity index (χ0) is 15.2. The summed E-state index contributed by atoms with van der Waals surface area (Å²) in [5.41, 5.74) is 7.37. The van der Waals surface area contributed by atoms with Gasteiger partial charge < -0.3 is 11.1 Å². The van der Waals surface area contributed by atoms with E-state index in [1.807, 2.05) is 18.2 Å². The van der Waals surface area contributed by atoms with Crippen molar-refractivity contribution in [2.24, 2.45) is 17.6 Å². The Labute approximate surface area is 125 Å². The van der Waals surface area contributed by atoms with Crippen LogP contribution in [0.4, 0.5) is 5.69 Å². The van der Waals surface area contributed by atoms with Crippen LogP contribution in [0.15, 0.2) is 24.4 Å². The Morgan fingerprint density at radius 3 is 2.90 bits per heavy atom. The van der Waals surface area contributed by atoms with Crippen molar-refractivity contribution in [3.63, 3.8) is 0 Å². The Balaban J connectivity index is 1.94. The Bertz CT molecular complexity index is 591. The lowest BCUT2D eigenvalue weighted by atomic mass is 9.88. The van der Waals surface area contributed by atoms with Crippen LogP contribution in [0.5, 0.6) is 0 Å². The van der Waals surface area contributed by atoms with Gasteiger partial charge in [-0.2, -0.15) is 5.10 Å². The van der Waals surface area contributed by atoms with Gasteiger partial charge in [0, 0.05) is 11.8 Å². The number of aromatic amines is 1. The summed E-state index contributed by atoms with van der Waals surface area (Å²) in [6.07, 6.45) is 4.11. The minimum atomic E-state index is 0.0476. The largest absolute Gasteiger partial charge is 0.330 e. The maximum atomic E-state index is 12.1. The van der Waals surface area contributed by atoms with Crippen LogP contribution >= 0.6 is 0 Å². The fraction of sp³-hybridized carbons (Fsp3) is 0.500. The first kappa shape index (κ1) is 15.5. The van der Waals surface area contributed by atoms with Crippen molar-refractivity contribution < 1.29 is 4.79 Å². The van der Waals surface area contributed by atoms with Crippen LogP contribution in [-0.4, -0.2) is 22.6 Å². The van der Waals surface area contributed by atoms with Crippen LogP contribution in [0.3, 0.4) is 0 Å². The topological polar surface area (TPSA) is 83.8 Å². The van der Waals surface area contributed by atoms with Gasteiger partial charge in [-0.05, 0) is 43.4 Å². The molecule has 1 amide bonds. The zero-order valence-electron chi connectivity index (χ0n) is 12.7. The summed E-state index contributed by atoms with van der Waals surface area (Å²) in [7, 11) is 0. The minimum absolute atomic E-state index is 0.0476. The van der Waals surface area contributed by atoms with Crippen molar-refractivity contribution in [3.05, 3.63) is 24.4 Å². The Morgan fingerprint density at radius 1 is 1.38 bits per heavy atom. The number of amides is 1. The molecule has 0 bridgehead atoms. The first-order chi connectivity index (χ1) is 10.1. The lowest BCUT2D eigenvalue weighted by Crippen LogP contribution is -2.18. The van der Waals surface area contributed by atoms with Crippen molar-refractivity contribution in [2.75, 3.05) is 11.9 Å². The molecule has 0 aliphatic heterocycles. The standard InChI is InChI=1S/C16H24N4O/c1-11(2)12(8-9-17)6-7-16(21)19-14-4-3-5-15-13(14)10-18-20-15/h3-5,10-12H,6-9,17H2,1-2H3,(H,18,20)(H,19,21). The number of carbonyl (C=O) groups is 1. The zero-order valence-corrected chi connectivity index (χ0v) is 12.7. The predicted molar refractivity (Wildman–Crippen MR) is 86.0 cm³/mol. The first-order valence-electron chi connectivity index (χ1n) is 7.53. The second-order valence-corrected chi connectivity index (χ2v) is 5.81. The third-order valence-corrected chi connectivity index (χ3v) is 3.98. The van der Waals surface area contributed by atoms with Crippen molar-refractivity contribution in [2.45, 2.75) is 33.1 Å². The number of hydrogen-bond donors (Lipinski definition) is 3. The second-order valence-electron chi connectivity index (χ2n) is 5.81. The van der Waals surface area contributed by atoms with Crippen molar-refractivity contribution in [3.8, 4) is 0 Å². The van der Waals surface area contributed by atoms with Crippen LogP contribution in [-0.2, 0) is 4.79 Å². The average molecular weight is 288 g/mol. The quantitative estimate of drug-likeness (QED) is 0.732. The van der Waals surface area contributed by atoms with Crippen LogP contribution < -0.4 is 11.1 Å². The summed E-state index contributed by atoms with van der Waals surface area (Å²) in [5, 5.41) is 10.8. The number of nitrogens with one attached hydrogen (secondary N) is 2. The molecule has 1 aromatic heterocycles. The molecule has 0 saturated heterocycles. The average Bonchev–Trinajstić information content (AvgIpc) is 2.92. The number of H-pyrrole nitrogens is 1. The number of carbonyl (C=O) groups excluding carboxylic acids is 1. The van der Waals surface area contributed by atoms with Gasteiger partial charge in [0.25, 0.3) is 0 Å². The molecule has 5 nitrogen and oxygen atoms in total. The molecule has 0 radical (unpaired) electrons. The fourth-order valence-corrected chi connectivity index (χ4v) is 2.63. The van der Waals surface area contributed by atoms with Crippen LogP contribution in [0.1, 0.15) is 33.1 Å². The van der Waals surface area contributed by atoms with E-state index in [0.29, 0.717) is 24.8 Å². The van der Waals surface area contributed by atoms with Gasteiger partial charge in [-0.1, -0.05) is 19.9 Å². The van der Waals surface area contributed by atoms with E-state index in [9.17, 15) is 4.79 Å². The molecule has 0 aliphatic rings. The normalized spacial score (nSPS) is 12.8. The number of benzene rings is 1. The van der Waals surface area contributed by atoms with Gasteiger partial charge in [0.2, 0.25) is 5.91 Å². The molecule has 5 heteroatoms. The van der Waals surface area contributed by atoms with E-state index in [0.717, 1.165) is 29.4 Å². The molecule has 21 heavy (non-hydrogen) atoms. The first-order valence-corrected chi connectivity index (χ1v) is 7.53. The van der Waals surface area contributed by atoms with E-state index >= 15 is 0 Å². The summed E-state index contributed by atoms with van der Waals surface area (Å²) in [6, 6.07) is 5.74. The number of nitrogens with two attached hydrogens (primary N) is 1. The Morgan fingerprint density at radius 2 is 2.19 bits per heavy atom. The Hall–Kier alpha value is -1.88. The molecular formula is C16H24N4O. The lowest BCUT2D eigenvalue weighted by molar-refractivity contribution is -0.116. The third kappa shape index (κ3) is 4.04. The molecule has 0 spiro atoms. The van der Waals surface area contributed by atoms with Gasteiger partial charge in [-0.15, -0.1) is 0 Å². The molecule has 1 atom stereocenters. The molecule has 1 aromatic carbocycles. The van der Waals surface area contributed by atoms with E-state index in [4.69, 9.17) is 5.73 Å².